The summed E-state index contributed by atoms with van der Waals surface area (Å²) in [5.74, 6) is -0.137. The van der Waals surface area contributed by atoms with Gasteiger partial charge in [-0.1, -0.05) is 12.1 Å². The summed E-state index contributed by atoms with van der Waals surface area (Å²) in [6, 6.07) is 7.88. The molecule has 0 aliphatic heterocycles. The average molecular weight is 532 g/mol. The highest BCUT2D eigenvalue weighted by Gasteiger charge is 2.20. The quantitative estimate of drug-likeness (QED) is 0.357. The number of pyridine rings is 1. The molecule has 0 aliphatic carbocycles. The topological polar surface area (TPSA) is 91.6 Å². The summed E-state index contributed by atoms with van der Waals surface area (Å²) in [5.41, 5.74) is 7.90. The number of nitrogens with zero attached hydrogens (tertiary/aromatic N) is 5. The third kappa shape index (κ3) is 2.89. The Bertz CT molecular complexity index is 1510. The molecule has 10 heteroatoms. The Labute approximate surface area is 187 Å². The Morgan fingerprint density at radius 2 is 2.03 bits per heavy atom. The van der Waals surface area contributed by atoms with Crippen molar-refractivity contribution in [2.75, 3.05) is 5.73 Å². The van der Waals surface area contributed by atoms with Crippen molar-refractivity contribution in [2.24, 2.45) is 0 Å². The van der Waals surface area contributed by atoms with Gasteiger partial charge in [0.15, 0.2) is 5.65 Å². The van der Waals surface area contributed by atoms with Crippen molar-refractivity contribution in [1.82, 2.24) is 24.3 Å². The zero-order valence-electron chi connectivity index (χ0n) is 15.6. The van der Waals surface area contributed by atoms with Crippen molar-refractivity contribution in [3.8, 4) is 5.69 Å². The van der Waals surface area contributed by atoms with Crippen molar-refractivity contribution in [3.63, 3.8) is 0 Å². The number of halogens is 2. The van der Waals surface area contributed by atoms with Crippen LogP contribution >= 0.6 is 33.9 Å². The summed E-state index contributed by atoms with van der Waals surface area (Å²) in [4.78, 5) is 23.1. The van der Waals surface area contributed by atoms with E-state index in [0.717, 1.165) is 10.9 Å². The fourth-order valence-electron chi connectivity index (χ4n) is 3.48. The maximum absolute atomic E-state index is 14.7. The van der Waals surface area contributed by atoms with Crippen molar-refractivity contribution < 1.29 is 4.39 Å². The van der Waals surface area contributed by atoms with Crippen LogP contribution in [0.15, 0.2) is 46.7 Å². The molecule has 4 aromatic heterocycles. The maximum atomic E-state index is 14.7. The lowest BCUT2D eigenvalue weighted by Crippen LogP contribution is -2.26. The van der Waals surface area contributed by atoms with E-state index < -0.39 is 5.82 Å². The van der Waals surface area contributed by atoms with Crippen LogP contribution in [-0.4, -0.2) is 24.3 Å². The molecule has 30 heavy (non-hydrogen) atoms. The number of nitrogen functional groups attached to an aromatic ring is 1. The summed E-state index contributed by atoms with van der Waals surface area (Å²) in [6.07, 6.45) is 1.61. The summed E-state index contributed by atoms with van der Waals surface area (Å²) < 4.78 is 18.3. The highest BCUT2D eigenvalue weighted by molar-refractivity contribution is 14.1. The van der Waals surface area contributed by atoms with Gasteiger partial charge in [0.1, 0.15) is 26.7 Å². The zero-order chi connectivity index (χ0) is 21.0. The van der Waals surface area contributed by atoms with Crippen LogP contribution < -0.4 is 11.3 Å². The van der Waals surface area contributed by atoms with Gasteiger partial charge < -0.3 is 5.73 Å². The van der Waals surface area contributed by atoms with Crippen LogP contribution in [0, 0.1) is 16.4 Å². The molecule has 0 bridgehead atoms. The number of hydrogen-bond donors (Lipinski definition) is 1. The van der Waals surface area contributed by atoms with Crippen molar-refractivity contribution >= 4 is 60.9 Å². The number of nitrogens with two attached hydrogens (primary N) is 1. The summed E-state index contributed by atoms with van der Waals surface area (Å²) in [7, 11) is 0. The minimum atomic E-state index is -0.503. The molecule has 7 nitrogen and oxygen atoms in total. The number of para-hydroxylation sites is 1. The molecule has 4 heterocycles. The number of aryl methyl sites for hydroxylation is 1. The van der Waals surface area contributed by atoms with Gasteiger partial charge in [-0.15, -0.1) is 11.3 Å². The molecule has 0 radical (unpaired) electrons. The normalized spacial score (nSPS) is 11.6. The number of hydrogen-bond acceptors (Lipinski definition) is 6. The SMILES string of the molecule is Cc1csc2nc(Cn3nc(I)c4c(N)ccnc43)n(-c3ccccc3F)c(=O)c12. The van der Waals surface area contributed by atoms with Gasteiger partial charge >= 0.3 is 0 Å². The molecule has 0 saturated carbocycles. The first-order valence-corrected chi connectivity index (χ1v) is 10.9. The molecule has 0 spiro atoms. The fraction of sp³-hybridized carbons (Fsp3) is 0.100. The summed E-state index contributed by atoms with van der Waals surface area (Å²) in [5, 5.41) is 7.65. The van der Waals surface area contributed by atoms with Crippen LogP contribution in [0.2, 0.25) is 0 Å². The van der Waals surface area contributed by atoms with E-state index in [-0.39, 0.29) is 17.8 Å². The van der Waals surface area contributed by atoms with Crippen LogP contribution in [-0.2, 0) is 6.54 Å². The van der Waals surface area contributed by atoms with Gasteiger partial charge in [0.05, 0.1) is 16.5 Å². The molecular formula is C20H14FIN6OS. The average Bonchev–Trinajstić information content (AvgIpc) is 3.24. The third-order valence-corrected chi connectivity index (χ3v) is 6.61. The predicted molar refractivity (Wildman–Crippen MR) is 124 cm³/mol. The predicted octanol–water partition coefficient (Wildman–Crippen LogP) is 3.87. The molecule has 0 unspecified atom stereocenters. The van der Waals surface area contributed by atoms with Crippen molar-refractivity contribution in [2.45, 2.75) is 13.5 Å². The minimum Gasteiger partial charge on any atom is -0.398 e. The first-order chi connectivity index (χ1) is 14.5. The van der Waals surface area contributed by atoms with Gasteiger partial charge in [0.25, 0.3) is 5.56 Å². The van der Waals surface area contributed by atoms with E-state index in [4.69, 9.17) is 10.7 Å². The second kappa shape index (κ2) is 7.13. The number of fused-ring (bicyclic) bond motifs is 2. The highest BCUT2D eigenvalue weighted by Crippen LogP contribution is 2.26. The van der Waals surface area contributed by atoms with Gasteiger partial charge in [-0.2, -0.15) is 5.10 Å². The first kappa shape index (κ1) is 19.1. The van der Waals surface area contributed by atoms with Gasteiger partial charge in [-0.25, -0.2) is 19.0 Å². The molecule has 0 saturated heterocycles. The zero-order valence-corrected chi connectivity index (χ0v) is 18.6. The molecule has 2 N–H and O–H groups in total. The van der Waals surface area contributed by atoms with E-state index in [9.17, 15) is 9.18 Å². The van der Waals surface area contributed by atoms with E-state index in [1.165, 1.54) is 22.0 Å². The smallest absolute Gasteiger partial charge is 0.267 e. The lowest BCUT2D eigenvalue weighted by atomic mass is 10.2. The second-order valence-electron chi connectivity index (χ2n) is 6.77. The minimum absolute atomic E-state index is 0.131. The van der Waals surface area contributed by atoms with E-state index >= 15 is 0 Å². The Hall–Kier alpha value is -2.86. The van der Waals surface area contributed by atoms with Crippen molar-refractivity contribution in [3.05, 3.63) is 73.2 Å². The molecule has 150 valence electrons. The van der Waals surface area contributed by atoms with E-state index in [1.54, 1.807) is 35.1 Å². The standard InChI is InChI=1S/C20H14FIN6OS/c1-10-9-30-19-15(10)20(29)28(13-5-3-2-4-11(13)21)14(25-19)8-27-18-16(17(22)26-27)12(23)6-7-24-18/h2-7,9H,8H2,1H3,(H2,23,24). The molecule has 5 aromatic rings. The molecule has 5 rings (SSSR count). The fourth-order valence-corrected chi connectivity index (χ4v) is 5.22. The van der Waals surface area contributed by atoms with Crippen LogP contribution in [0.5, 0.6) is 0 Å². The summed E-state index contributed by atoms with van der Waals surface area (Å²) in [6.45, 7) is 1.98. The molecule has 0 fully saturated rings. The number of anilines is 1. The molecular weight excluding hydrogens is 518 g/mol. The van der Waals surface area contributed by atoms with Gasteiger partial charge in [0, 0.05) is 11.9 Å². The van der Waals surface area contributed by atoms with E-state index in [2.05, 4.69) is 32.7 Å². The summed E-state index contributed by atoms with van der Waals surface area (Å²) >= 11 is 3.49. The Kier molecular flexibility index (Phi) is 4.54. The lowest BCUT2D eigenvalue weighted by molar-refractivity contribution is 0.599. The van der Waals surface area contributed by atoms with Crippen LogP contribution in [0.3, 0.4) is 0 Å². The Morgan fingerprint density at radius 3 is 2.83 bits per heavy atom. The van der Waals surface area contributed by atoms with Crippen LogP contribution in [0.4, 0.5) is 10.1 Å². The largest absolute Gasteiger partial charge is 0.398 e. The molecule has 0 amide bonds. The second-order valence-corrected chi connectivity index (χ2v) is 8.65. The van der Waals surface area contributed by atoms with Crippen LogP contribution in [0.1, 0.15) is 11.4 Å². The molecule has 0 aliphatic rings. The maximum Gasteiger partial charge on any atom is 0.267 e. The van der Waals surface area contributed by atoms with E-state index in [1.807, 2.05) is 12.3 Å². The molecule has 1 aromatic carbocycles. The van der Waals surface area contributed by atoms with E-state index in [0.29, 0.717) is 31.1 Å². The first-order valence-electron chi connectivity index (χ1n) is 8.97. The van der Waals surface area contributed by atoms with Gasteiger partial charge in [-0.05, 0) is 58.7 Å². The Balaban J connectivity index is 1.80. The highest BCUT2D eigenvalue weighted by atomic mass is 127. The number of benzene rings is 1. The van der Waals surface area contributed by atoms with Gasteiger partial charge in [0.2, 0.25) is 0 Å². The molecule has 0 atom stereocenters. The monoisotopic (exact) mass is 532 g/mol. The third-order valence-electron chi connectivity index (χ3n) is 4.87. The number of thiophene rings is 1. The number of rotatable bonds is 3. The lowest BCUT2D eigenvalue weighted by Gasteiger charge is -2.14. The van der Waals surface area contributed by atoms with Gasteiger partial charge in [-0.3, -0.25) is 9.36 Å². The number of aromatic nitrogens is 5. The van der Waals surface area contributed by atoms with Crippen LogP contribution in [0.25, 0.3) is 26.9 Å². The van der Waals surface area contributed by atoms with Crippen molar-refractivity contribution in [1.29, 1.82) is 0 Å². The Morgan fingerprint density at radius 1 is 1.23 bits per heavy atom.